The fourth-order valence-electron chi connectivity index (χ4n) is 2.22. The molecule has 19 heavy (non-hydrogen) atoms. The summed E-state index contributed by atoms with van der Waals surface area (Å²) in [5.41, 5.74) is 1.39. The van der Waals surface area contributed by atoms with Gasteiger partial charge < -0.3 is 10.1 Å². The van der Waals surface area contributed by atoms with Crippen LogP contribution in [-0.2, 0) is 4.74 Å². The van der Waals surface area contributed by atoms with Crippen LogP contribution in [0.1, 0.15) is 51.5 Å². The highest BCUT2D eigenvalue weighted by atomic mass is 16.5. The Hall–Kier alpha value is -0.860. The zero-order chi connectivity index (χ0) is 13.7. The maximum absolute atomic E-state index is 5.88. The van der Waals surface area contributed by atoms with Crippen molar-refractivity contribution in [2.75, 3.05) is 13.2 Å². The molecule has 1 fully saturated rings. The van der Waals surface area contributed by atoms with E-state index in [0.717, 1.165) is 25.6 Å². The SMILES string of the molecule is CC(C)(C)OCCC(CNC1CC1)c1ccccc1. The molecule has 0 aromatic heterocycles. The fraction of sp³-hybridized carbons (Fsp3) is 0.647. The lowest BCUT2D eigenvalue weighted by Gasteiger charge is -2.23. The van der Waals surface area contributed by atoms with Crippen LogP contribution in [0.2, 0.25) is 0 Å². The molecule has 2 rings (SSSR count). The molecule has 1 N–H and O–H groups in total. The molecule has 0 spiro atoms. The van der Waals surface area contributed by atoms with Gasteiger partial charge in [0.1, 0.15) is 0 Å². The second kappa shape index (κ2) is 6.53. The van der Waals surface area contributed by atoms with Crippen molar-refractivity contribution in [2.45, 2.75) is 57.6 Å². The summed E-state index contributed by atoms with van der Waals surface area (Å²) in [6, 6.07) is 11.6. The quantitative estimate of drug-likeness (QED) is 0.807. The third-order valence-corrected chi connectivity index (χ3v) is 3.50. The molecule has 106 valence electrons. The van der Waals surface area contributed by atoms with Gasteiger partial charge in [-0.2, -0.15) is 0 Å². The van der Waals surface area contributed by atoms with Gasteiger partial charge in [0.15, 0.2) is 0 Å². The first kappa shape index (κ1) is 14.5. The van der Waals surface area contributed by atoms with Crippen molar-refractivity contribution in [1.82, 2.24) is 5.32 Å². The Bertz CT molecular complexity index is 365. The van der Waals surface area contributed by atoms with Crippen molar-refractivity contribution >= 4 is 0 Å². The van der Waals surface area contributed by atoms with Gasteiger partial charge in [-0.15, -0.1) is 0 Å². The Balaban J connectivity index is 1.86. The van der Waals surface area contributed by atoms with E-state index in [2.05, 4.69) is 56.4 Å². The van der Waals surface area contributed by atoms with E-state index in [9.17, 15) is 0 Å². The summed E-state index contributed by atoms with van der Waals surface area (Å²) >= 11 is 0. The summed E-state index contributed by atoms with van der Waals surface area (Å²) in [6.45, 7) is 8.25. The first-order valence-corrected chi connectivity index (χ1v) is 7.47. The summed E-state index contributed by atoms with van der Waals surface area (Å²) in [4.78, 5) is 0. The van der Waals surface area contributed by atoms with Crippen molar-refractivity contribution in [3.05, 3.63) is 35.9 Å². The average molecular weight is 261 g/mol. The minimum absolute atomic E-state index is 0.0365. The molecule has 1 aliphatic carbocycles. The predicted octanol–water partition coefficient (Wildman–Crippen LogP) is 3.73. The van der Waals surface area contributed by atoms with Crippen LogP contribution in [0.5, 0.6) is 0 Å². The van der Waals surface area contributed by atoms with Gasteiger partial charge in [-0.1, -0.05) is 30.3 Å². The maximum atomic E-state index is 5.88. The third-order valence-electron chi connectivity index (χ3n) is 3.50. The summed E-state index contributed by atoms with van der Waals surface area (Å²) < 4.78 is 5.88. The minimum Gasteiger partial charge on any atom is -0.376 e. The van der Waals surface area contributed by atoms with E-state index < -0.39 is 0 Å². The van der Waals surface area contributed by atoms with E-state index in [1.807, 2.05) is 0 Å². The van der Waals surface area contributed by atoms with Crippen LogP contribution in [0, 0.1) is 0 Å². The third kappa shape index (κ3) is 5.75. The zero-order valence-electron chi connectivity index (χ0n) is 12.5. The number of benzene rings is 1. The maximum Gasteiger partial charge on any atom is 0.0598 e. The second-order valence-corrected chi connectivity index (χ2v) is 6.54. The van der Waals surface area contributed by atoms with Gasteiger partial charge in [0.05, 0.1) is 5.60 Å². The normalized spacial score (nSPS) is 17.4. The Labute approximate surface area is 117 Å². The molecule has 1 aromatic rings. The number of hydrogen-bond donors (Lipinski definition) is 1. The lowest BCUT2D eigenvalue weighted by Crippen LogP contribution is -2.26. The molecule has 0 heterocycles. The van der Waals surface area contributed by atoms with Crippen LogP contribution in [0.15, 0.2) is 30.3 Å². The standard InChI is InChI=1S/C17H27NO/c1-17(2,3)19-12-11-15(13-18-16-9-10-16)14-7-5-4-6-8-14/h4-8,15-16,18H,9-13H2,1-3H3. The Morgan fingerprint density at radius 3 is 2.47 bits per heavy atom. The molecule has 0 radical (unpaired) electrons. The first-order valence-electron chi connectivity index (χ1n) is 7.47. The first-order chi connectivity index (χ1) is 9.04. The lowest BCUT2D eigenvalue weighted by molar-refractivity contribution is -0.00624. The summed E-state index contributed by atoms with van der Waals surface area (Å²) in [5.74, 6) is 0.559. The van der Waals surface area contributed by atoms with Gasteiger partial charge in [0.25, 0.3) is 0 Å². The van der Waals surface area contributed by atoms with Gasteiger partial charge in [-0.3, -0.25) is 0 Å². The average Bonchev–Trinajstić information content (AvgIpc) is 3.17. The molecule has 1 unspecified atom stereocenters. The number of ether oxygens (including phenoxy) is 1. The van der Waals surface area contributed by atoms with Gasteiger partial charge >= 0.3 is 0 Å². The number of rotatable bonds is 7. The fourth-order valence-corrected chi connectivity index (χ4v) is 2.22. The second-order valence-electron chi connectivity index (χ2n) is 6.54. The molecule has 2 nitrogen and oxygen atoms in total. The van der Waals surface area contributed by atoms with Crippen LogP contribution in [0.4, 0.5) is 0 Å². The van der Waals surface area contributed by atoms with E-state index in [1.54, 1.807) is 0 Å². The van der Waals surface area contributed by atoms with E-state index >= 15 is 0 Å². The minimum atomic E-state index is -0.0365. The molecule has 1 aromatic carbocycles. The summed E-state index contributed by atoms with van der Waals surface area (Å²) in [5, 5.41) is 3.65. The summed E-state index contributed by atoms with van der Waals surface area (Å²) in [7, 11) is 0. The van der Waals surface area contributed by atoms with Crippen molar-refractivity contribution in [2.24, 2.45) is 0 Å². The van der Waals surface area contributed by atoms with Gasteiger partial charge in [0.2, 0.25) is 0 Å². The van der Waals surface area contributed by atoms with Crippen LogP contribution in [0.3, 0.4) is 0 Å². The van der Waals surface area contributed by atoms with Crippen LogP contribution >= 0.6 is 0 Å². The Morgan fingerprint density at radius 1 is 1.21 bits per heavy atom. The molecule has 1 atom stereocenters. The van der Waals surface area contributed by atoms with E-state index in [0.29, 0.717) is 5.92 Å². The predicted molar refractivity (Wildman–Crippen MR) is 80.5 cm³/mol. The molecular weight excluding hydrogens is 234 g/mol. The van der Waals surface area contributed by atoms with E-state index in [1.165, 1.54) is 18.4 Å². The Kier molecular flexibility index (Phi) is 5.00. The van der Waals surface area contributed by atoms with Crippen molar-refractivity contribution in [3.8, 4) is 0 Å². The highest BCUT2D eigenvalue weighted by molar-refractivity contribution is 5.20. The number of hydrogen-bond acceptors (Lipinski definition) is 2. The Morgan fingerprint density at radius 2 is 1.89 bits per heavy atom. The highest BCUT2D eigenvalue weighted by Crippen LogP contribution is 2.24. The van der Waals surface area contributed by atoms with Gasteiger partial charge in [0, 0.05) is 19.2 Å². The van der Waals surface area contributed by atoms with Crippen molar-refractivity contribution in [1.29, 1.82) is 0 Å². The highest BCUT2D eigenvalue weighted by Gasteiger charge is 2.22. The summed E-state index contributed by atoms with van der Waals surface area (Å²) in [6.07, 6.45) is 3.78. The molecule has 0 bridgehead atoms. The lowest BCUT2D eigenvalue weighted by atomic mass is 9.96. The van der Waals surface area contributed by atoms with E-state index in [4.69, 9.17) is 4.74 Å². The monoisotopic (exact) mass is 261 g/mol. The topological polar surface area (TPSA) is 21.3 Å². The van der Waals surface area contributed by atoms with Crippen LogP contribution in [-0.4, -0.2) is 24.8 Å². The molecule has 0 aliphatic heterocycles. The van der Waals surface area contributed by atoms with Crippen molar-refractivity contribution in [3.63, 3.8) is 0 Å². The van der Waals surface area contributed by atoms with Crippen LogP contribution in [0.25, 0.3) is 0 Å². The van der Waals surface area contributed by atoms with Crippen LogP contribution < -0.4 is 5.32 Å². The molecule has 1 aliphatic rings. The molecular formula is C17H27NO. The van der Waals surface area contributed by atoms with Crippen molar-refractivity contribution < 1.29 is 4.74 Å². The smallest absolute Gasteiger partial charge is 0.0598 e. The molecule has 2 heteroatoms. The largest absolute Gasteiger partial charge is 0.376 e. The molecule has 0 amide bonds. The number of nitrogens with one attached hydrogen (secondary N) is 1. The van der Waals surface area contributed by atoms with Gasteiger partial charge in [-0.05, 0) is 51.5 Å². The molecule has 1 saturated carbocycles. The van der Waals surface area contributed by atoms with Gasteiger partial charge in [-0.25, -0.2) is 0 Å². The van der Waals surface area contributed by atoms with E-state index in [-0.39, 0.29) is 5.60 Å². The molecule has 0 saturated heterocycles. The zero-order valence-corrected chi connectivity index (χ0v) is 12.5.